The van der Waals surface area contributed by atoms with E-state index in [1.165, 1.54) is 13.3 Å². The van der Waals surface area contributed by atoms with Gasteiger partial charge in [-0.1, -0.05) is 17.7 Å². The molecule has 0 bridgehead atoms. The Morgan fingerprint density at radius 3 is 2.64 bits per heavy atom. The van der Waals surface area contributed by atoms with Gasteiger partial charge in [0.25, 0.3) is 5.91 Å². The number of anilines is 2. The summed E-state index contributed by atoms with van der Waals surface area (Å²) in [6.07, 6.45) is 3.18. The van der Waals surface area contributed by atoms with Crippen LogP contribution < -0.4 is 10.6 Å². The zero-order chi connectivity index (χ0) is 19.9. The summed E-state index contributed by atoms with van der Waals surface area (Å²) < 4.78 is 4.71. The first-order chi connectivity index (χ1) is 13.6. The molecule has 0 aliphatic heterocycles. The van der Waals surface area contributed by atoms with E-state index >= 15 is 0 Å². The summed E-state index contributed by atoms with van der Waals surface area (Å²) in [6.45, 7) is 0.317. The molecule has 0 spiro atoms. The molecule has 2 N–H and O–H groups in total. The molecule has 8 heteroatoms. The predicted molar refractivity (Wildman–Crippen MR) is 106 cm³/mol. The van der Waals surface area contributed by atoms with Gasteiger partial charge in [0.05, 0.1) is 35.6 Å². The van der Waals surface area contributed by atoms with Gasteiger partial charge in [0.15, 0.2) is 0 Å². The van der Waals surface area contributed by atoms with E-state index in [0.29, 0.717) is 34.2 Å². The van der Waals surface area contributed by atoms with E-state index in [1.54, 1.807) is 36.5 Å². The van der Waals surface area contributed by atoms with Crippen LogP contribution in [0.25, 0.3) is 0 Å². The van der Waals surface area contributed by atoms with Crippen molar-refractivity contribution < 1.29 is 14.3 Å². The fourth-order valence-corrected chi connectivity index (χ4v) is 2.58. The third-order valence-corrected chi connectivity index (χ3v) is 4.16. The molecule has 0 aliphatic carbocycles. The Morgan fingerprint density at radius 2 is 1.89 bits per heavy atom. The number of carbonyl (C=O) groups excluding carboxylic acids is 2. The fraction of sp³-hybridized carbons (Fsp3) is 0.100. The maximum atomic E-state index is 12.4. The highest BCUT2D eigenvalue weighted by molar-refractivity contribution is 6.33. The first kappa shape index (κ1) is 19.3. The number of aromatic nitrogens is 2. The second-order valence-corrected chi connectivity index (χ2v) is 6.15. The van der Waals surface area contributed by atoms with E-state index in [4.69, 9.17) is 16.3 Å². The first-order valence-electron chi connectivity index (χ1n) is 8.36. The van der Waals surface area contributed by atoms with Gasteiger partial charge >= 0.3 is 5.97 Å². The Labute approximate surface area is 166 Å². The van der Waals surface area contributed by atoms with Crippen LogP contribution in [0.15, 0.2) is 60.9 Å². The Balaban J connectivity index is 1.73. The number of hydrogen-bond donors (Lipinski definition) is 2. The van der Waals surface area contributed by atoms with Crippen molar-refractivity contribution in [2.24, 2.45) is 0 Å². The first-order valence-corrected chi connectivity index (χ1v) is 8.73. The number of carbonyl (C=O) groups is 2. The van der Waals surface area contributed by atoms with Gasteiger partial charge < -0.3 is 15.4 Å². The number of nitrogens with zero attached hydrogens (tertiary/aromatic N) is 2. The van der Waals surface area contributed by atoms with Crippen LogP contribution in [0.5, 0.6) is 0 Å². The van der Waals surface area contributed by atoms with Crippen LogP contribution in [0.3, 0.4) is 0 Å². The average molecular weight is 397 g/mol. The van der Waals surface area contributed by atoms with Crippen LogP contribution in [0.4, 0.5) is 11.5 Å². The van der Waals surface area contributed by atoms with Crippen LogP contribution in [0.1, 0.15) is 26.4 Å². The summed E-state index contributed by atoms with van der Waals surface area (Å²) in [5.74, 6) is -0.324. The Kier molecular flexibility index (Phi) is 6.18. The molecule has 142 valence electrons. The quantitative estimate of drug-likeness (QED) is 0.618. The molecule has 2 aromatic heterocycles. The van der Waals surface area contributed by atoms with Gasteiger partial charge in [-0.05, 0) is 42.5 Å². The number of pyridine rings is 2. The molecule has 0 fully saturated rings. The number of esters is 1. The van der Waals surface area contributed by atoms with Crippen molar-refractivity contribution in [3.63, 3.8) is 0 Å². The Hall–Kier alpha value is -3.45. The maximum Gasteiger partial charge on any atom is 0.337 e. The van der Waals surface area contributed by atoms with Crippen LogP contribution >= 0.6 is 11.6 Å². The minimum absolute atomic E-state index is 0.259. The van der Waals surface area contributed by atoms with Gasteiger partial charge in [-0.25, -0.2) is 9.78 Å². The summed E-state index contributed by atoms with van der Waals surface area (Å²) in [7, 11) is 1.30. The summed E-state index contributed by atoms with van der Waals surface area (Å²) >= 11 is 6.19. The van der Waals surface area contributed by atoms with Gasteiger partial charge in [-0.3, -0.25) is 9.78 Å². The van der Waals surface area contributed by atoms with Gasteiger partial charge in [0, 0.05) is 18.0 Å². The van der Waals surface area contributed by atoms with Crippen LogP contribution in [-0.2, 0) is 11.3 Å². The molecule has 3 aromatic rings. The van der Waals surface area contributed by atoms with E-state index in [-0.39, 0.29) is 5.91 Å². The van der Waals surface area contributed by atoms with Crippen molar-refractivity contribution in [2.75, 3.05) is 12.4 Å². The second-order valence-electron chi connectivity index (χ2n) is 5.74. The molecule has 1 amide bonds. The van der Waals surface area contributed by atoms with E-state index in [0.717, 1.165) is 5.69 Å². The fourth-order valence-electron chi connectivity index (χ4n) is 2.42. The van der Waals surface area contributed by atoms with Gasteiger partial charge in [-0.2, -0.15) is 0 Å². The Bertz CT molecular complexity index is 996. The summed E-state index contributed by atoms with van der Waals surface area (Å²) in [4.78, 5) is 32.4. The molecule has 0 saturated heterocycles. The highest BCUT2D eigenvalue weighted by atomic mass is 35.5. The number of benzene rings is 1. The lowest BCUT2D eigenvalue weighted by Crippen LogP contribution is -2.23. The molecule has 1 aromatic carbocycles. The third kappa shape index (κ3) is 4.83. The van der Waals surface area contributed by atoms with E-state index in [1.807, 2.05) is 18.2 Å². The highest BCUT2D eigenvalue weighted by Crippen LogP contribution is 2.26. The molecular weight excluding hydrogens is 380 g/mol. The predicted octanol–water partition coefficient (Wildman–Crippen LogP) is 3.59. The maximum absolute atomic E-state index is 12.4. The Morgan fingerprint density at radius 1 is 1.04 bits per heavy atom. The molecule has 0 unspecified atom stereocenters. The molecule has 0 saturated carbocycles. The van der Waals surface area contributed by atoms with Crippen molar-refractivity contribution in [3.05, 3.63) is 82.8 Å². The largest absolute Gasteiger partial charge is 0.465 e. The standard InChI is InChI=1S/C20H17ClN4O3/c1-28-20(27)14-5-6-16(21)17(10-14)25-18-11-13(7-9-23-18)19(26)24-12-15-4-2-3-8-22-15/h2-11H,12H2,1H3,(H,23,25)(H,24,26). The minimum Gasteiger partial charge on any atom is -0.465 e. The number of amides is 1. The smallest absolute Gasteiger partial charge is 0.337 e. The van der Waals surface area contributed by atoms with Gasteiger partial charge in [0.1, 0.15) is 5.82 Å². The molecule has 0 aliphatic rings. The number of methoxy groups -OCH3 is 1. The van der Waals surface area contributed by atoms with Crippen LogP contribution in [-0.4, -0.2) is 29.0 Å². The molecule has 7 nitrogen and oxygen atoms in total. The van der Waals surface area contributed by atoms with E-state index < -0.39 is 5.97 Å². The zero-order valence-corrected chi connectivity index (χ0v) is 15.7. The average Bonchev–Trinajstić information content (AvgIpc) is 2.74. The van der Waals surface area contributed by atoms with Crippen molar-refractivity contribution >= 4 is 35.0 Å². The number of nitrogens with one attached hydrogen (secondary N) is 2. The molecule has 0 atom stereocenters. The SMILES string of the molecule is COC(=O)c1ccc(Cl)c(Nc2cc(C(=O)NCc3ccccn3)ccn2)c1. The lowest BCUT2D eigenvalue weighted by molar-refractivity contribution is 0.0600. The second kappa shape index (κ2) is 8.96. The monoisotopic (exact) mass is 396 g/mol. The molecule has 28 heavy (non-hydrogen) atoms. The van der Waals surface area contributed by atoms with Crippen molar-refractivity contribution in [3.8, 4) is 0 Å². The summed E-state index contributed by atoms with van der Waals surface area (Å²) in [6, 6.07) is 13.4. The topological polar surface area (TPSA) is 93.2 Å². The normalized spacial score (nSPS) is 10.2. The van der Waals surface area contributed by atoms with Gasteiger partial charge in [0.2, 0.25) is 0 Å². The van der Waals surface area contributed by atoms with Crippen LogP contribution in [0, 0.1) is 0 Å². The number of hydrogen-bond acceptors (Lipinski definition) is 6. The van der Waals surface area contributed by atoms with E-state index in [9.17, 15) is 9.59 Å². The number of ether oxygens (including phenoxy) is 1. The molecule has 3 rings (SSSR count). The molecular formula is C20H17ClN4O3. The van der Waals surface area contributed by atoms with Gasteiger partial charge in [-0.15, -0.1) is 0 Å². The number of halogens is 1. The van der Waals surface area contributed by atoms with Crippen molar-refractivity contribution in [1.29, 1.82) is 0 Å². The third-order valence-electron chi connectivity index (χ3n) is 3.83. The molecule has 0 radical (unpaired) electrons. The minimum atomic E-state index is -0.477. The van der Waals surface area contributed by atoms with Crippen molar-refractivity contribution in [2.45, 2.75) is 6.54 Å². The highest BCUT2D eigenvalue weighted by Gasteiger charge is 2.11. The zero-order valence-electron chi connectivity index (χ0n) is 15.0. The van der Waals surface area contributed by atoms with Crippen LogP contribution in [0.2, 0.25) is 5.02 Å². The number of rotatable bonds is 6. The lowest BCUT2D eigenvalue weighted by atomic mass is 10.2. The summed E-state index contributed by atoms with van der Waals surface area (Å²) in [5.41, 5.74) is 2.00. The lowest BCUT2D eigenvalue weighted by Gasteiger charge is -2.10. The summed E-state index contributed by atoms with van der Waals surface area (Å²) in [5, 5.41) is 6.22. The van der Waals surface area contributed by atoms with Crippen molar-refractivity contribution in [1.82, 2.24) is 15.3 Å². The molecule has 2 heterocycles. The van der Waals surface area contributed by atoms with E-state index in [2.05, 4.69) is 20.6 Å².